The summed E-state index contributed by atoms with van der Waals surface area (Å²) in [5.74, 6) is 0.591. The molecule has 0 aromatic carbocycles. The minimum atomic E-state index is 0.0630. The van der Waals surface area contributed by atoms with Crippen LogP contribution in [0.25, 0.3) is 0 Å². The summed E-state index contributed by atoms with van der Waals surface area (Å²) in [6, 6.07) is 0. The van der Waals surface area contributed by atoms with E-state index in [9.17, 15) is 0 Å². The maximum Gasteiger partial charge on any atom is 0.244 e. The van der Waals surface area contributed by atoms with Gasteiger partial charge in [0, 0.05) is 13.6 Å². The highest BCUT2D eigenvalue weighted by atomic mass is 35.5. The van der Waals surface area contributed by atoms with Crippen LogP contribution in [0.4, 0.5) is 11.9 Å². The van der Waals surface area contributed by atoms with E-state index in [0.717, 1.165) is 0 Å². The molecule has 0 atom stereocenters. The number of nitrogens with one attached hydrogen (secondary N) is 1. The Morgan fingerprint density at radius 2 is 2.21 bits per heavy atom. The average molecular weight is 213 g/mol. The molecule has 7 heteroatoms. The maximum atomic E-state index is 8.61. The van der Waals surface area contributed by atoms with Crippen molar-refractivity contribution in [1.29, 1.82) is 5.26 Å². The minimum Gasteiger partial charge on any atom is -0.354 e. The molecule has 0 aliphatic rings. The number of aromatic nitrogens is 3. The molecule has 0 saturated carbocycles. The van der Waals surface area contributed by atoms with Gasteiger partial charge in [-0.25, -0.2) is 0 Å². The lowest BCUT2D eigenvalue weighted by Gasteiger charge is -2.08. The first-order valence-electron chi connectivity index (χ1n) is 3.96. The molecule has 1 aromatic rings. The van der Waals surface area contributed by atoms with Crippen molar-refractivity contribution in [2.75, 3.05) is 23.8 Å². The molecule has 0 radical (unpaired) electrons. The Hall–Kier alpha value is -1.61. The zero-order valence-electron chi connectivity index (χ0n) is 7.82. The first kappa shape index (κ1) is 10.5. The second-order valence-corrected chi connectivity index (χ2v) is 2.76. The molecule has 0 aliphatic carbocycles. The summed E-state index contributed by atoms with van der Waals surface area (Å²) in [6.45, 7) is 2.58. The second kappa shape index (κ2) is 4.58. The van der Waals surface area contributed by atoms with Crippen molar-refractivity contribution < 1.29 is 0 Å². The topological polar surface area (TPSA) is 77.7 Å². The summed E-state index contributed by atoms with van der Waals surface area (Å²) in [4.78, 5) is 12.8. The quantitative estimate of drug-likeness (QED) is 0.592. The normalized spacial score (nSPS) is 9.29. The van der Waals surface area contributed by atoms with Gasteiger partial charge in [0.1, 0.15) is 0 Å². The van der Waals surface area contributed by atoms with Gasteiger partial charge in [-0.15, -0.1) is 0 Å². The van der Waals surface area contributed by atoms with E-state index >= 15 is 0 Å². The largest absolute Gasteiger partial charge is 0.354 e. The molecule has 0 amide bonds. The molecule has 0 saturated heterocycles. The number of halogens is 1. The molecule has 0 bridgehead atoms. The summed E-state index contributed by atoms with van der Waals surface area (Å²) in [5, 5.41) is 11.6. The Labute approximate surface area is 86.6 Å². The van der Waals surface area contributed by atoms with E-state index in [1.165, 1.54) is 4.90 Å². The standard InChI is InChI=1S/C7H9ClN6/c1-3-10-6-11-5(8)12-7(13-6)14(2)4-9/h3H2,1-2H3,(H,10,11,12,13). The summed E-state index contributed by atoms with van der Waals surface area (Å²) in [7, 11) is 1.54. The summed E-state index contributed by atoms with van der Waals surface area (Å²) in [5.41, 5.74) is 0. The Kier molecular flexibility index (Phi) is 3.42. The fourth-order valence-electron chi connectivity index (χ4n) is 0.772. The second-order valence-electron chi connectivity index (χ2n) is 2.42. The fraction of sp³-hybridized carbons (Fsp3) is 0.429. The third-order valence-corrected chi connectivity index (χ3v) is 1.55. The lowest BCUT2D eigenvalue weighted by molar-refractivity contribution is 0.974. The van der Waals surface area contributed by atoms with Crippen molar-refractivity contribution in [3.63, 3.8) is 0 Å². The van der Waals surface area contributed by atoms with Gasteiger partial charge >= 0.3 is 0 Å². The number of anilines is 2. The number of nitrogens with zero attached hydrogens (tertiary/aromatic N) is 5. The average Bonchev–Trinajstić information content (AvgIpc) is 2.16. The highest BCUT2D eigenvalue weighted by Crippen LogP contribution is 2.11. The summed E-state index contributed by atoms with van der Waals surface area (Å²) >= 11 is 5.65. The molecule has 0 unspecified atom stereocenters. The van der Waals surface area contributed by atoms with Crippen LogP contribution in [0.15, 0.2) is 0 Å². The number of rotatable bonds is 3. The van der Waals surface area contributed by atoms with Gasteiger partial charge in [-0.3, -0.25) is 4.90 Å². The van der Waals surface area contributed by atoms with Crippen molar-refractivity contribution in [1.82, 2.24) is 15.0 Å². The van der Waals surface area contributed by atoms with Crippen LogP contribution in [-0.2, 0) is 0 Å². The Morgan fingerprint density at radius 1 is 1.50 bits per heavy atom. The molecule has 1 rings (SSSR count). The zero-order valence-corrected chi connectivity index (χ0v) is 8.58. The molecular formula is C7H9ClN6. The van der Waals surface area contributed by atoms with Gasteiger partial charge in [-0.05, 0) is 18.5 Å². The highest BCUT2D eigenvalue weighted by Gasteiger charge is 2.07. The van der Waals surface area contributed by atoms with Gasteiger partial charge in [0.25, 0.3) is 0 Å². The Balaban J connectivity index is 3.02. The summed E-state index contributed by atoms with van der Waals surface area (Å²) in [6.07, 6.45) is 1.87. The van der Waals surface area contributed by atoms with Crippen molar-refractivity contribution in [2.24, 2.45) is 0 Å². The van der Waals surface area contributed by atoms with E-state index in [1.807, 2.05) is 13.1 Å². The molecule has 0 aliphatic heterocycles. The van der Waals surface area contributed by atoms with Crippen LogP contribution < -0.4 is 10.2 Å². The van der Waals surface area contributed by atoms with E-state index in [2.05, 4.69) is 20.3 Å². The van der Waals surface area contributed by atoms with E-state index < -0.39 is 0 Å². The summed E-state index contributed by atoms with van der Waals surface area (Å²) < 4.78 is 0. The van der Waals surface area contributed by atoms with Crippen molar-refractivity contribution >= 4 is 23.5 Å². The Morgan fingerprint density at radius 3 is 2.79 bits per heavy atom. The lowest BCUT2D eigenvalue weighted by atomic mass is 10.7. The molecule has 14 heavy (non-hydrogen) atoms. The van der Waals surface area contributed by atoms with E-state index in [-0.39, 0.29) is 11.2 Å². The first-order valence-corrected chi connectivity index (χ1v) is 4.34. The van der Waals surface area contributed by atoms with Crippen LogP contribution in [0, 0.1) is 11.5 Å². The molecule has 0 fully saturated rings. The third-order valence-electron chi connectivity index (χ3n) is 1.38. The van der Waals surface area contributed by atoms with E-state index in [4.69, 9.17) is 16.9 Å². The molecule has 74 valence electrons. The fourth-order valence-corrected chi connectivity index (χ4v) is 0.927. The van der Waals surface area contributed by atoms with Crippen LogP contribution >= 0.6 is 11.6 Å². The van der Waals surface area contributed by atoms with Gasteiger partial charge in [0.2, 0.25) is 17.2 Å². The molecule has 1 aromatic heterocycles. The van der Waals surface area contributed by atoms with Crippen LogP contribution in [0.2, 0.25) is 5.28 Å². The predicted octanol–water partition coefficient (Wildman–Crippen LogP) is 0.874. The van der Waals surface area contributed by atoms with Crippen LogP contribution in [-0.4, -0.2) is 28.5 Å². The third kappa shape index (κ3) is 2.44. The minimum absolute atomic E-state index is 0.0630. The monoisotopic (exact) mass is 212 g/mol. The SMILES string of the molecule is CCNc1nc(Cl)nc(N(C)C#N)n1. The van der Waals surface area contributed by atoms with Crippen LogP contribution in [0.5, 0.6) is 0 Å². The molecule has 6 nitrogen and oxygen atoms in total. The first-order chi connectivity index (χ1) is 6.67. The van der Waals surface area contributed by atoms with Crippen molar-refractivity contribution in [3.05, 3.63) is 5.28 Å². The molecular weight excluding hydrogens is 204 g/mol. The van der Waals surface area contributed by atoms with Crippen molar-refractivity contribution in [2.45, 2.75) is 6.92 Å². The van der Waals surface area contributed by atoms with Gasteiger partial charge in [0.15, 0.2) is 6.19 Å². The van der Waals surface area contributed by atoms with Crippen molar-refractivity contribution in [3.8, 4) is 6.19 Å². The number of hydrogen-bond acceptors (Lipinski definition) is 6. The van der Waals surface area contributed by atoms with Gasteiger partial charge < -0.3 is 5.32 Å². The maximum absolute atomic E-state index is 8.61. The zero-order chi connectivity index (χ0) is 10.6. The van der Waals surface area contributed by atoms with Gasteiger partial charge in [0.05, 0.1) is 0 Å². The highest BCUT2D eigenvalue weighted by molar-refractivity contribution is 6.28. The molecule has 0 spiro atoms. The van der Waals surface area contributed by atoms with Crippen LogP contribution in [0.3, 0.4) is 0 Å². The van der Waals surface area contributed by atoms with Crippen LogP contribution in [0.1, 0.15) is 6.92 Å². The van der Waals surface area contributed by atoms with E-state index in [0.29, 0.717) is 12.5 Å². The molecule has 1 N–H and O–H groups in total. The predicted molar refractivity (Wildman–Crippen MR) is 53.0 cm³/mol. The number of nitriles is 1. The number of hydrogen-bond donors (Lipinski definition) is 1. The molecule has 1 heterocycles. The lowest BCUT2D eigenvalue weighted by Crippen LogP contribution is -2.14. The van der Waals surface area contributed by atoms with E-state index in [1.54, 1.807) is 7.05 Å². The van der Waals surface area contributed by atoms with Gasteiger partial charge in [-0.2, -0.15) is 20.2 Å². The smallest absolute Gasteiger partial charge is 0.244 e. The van der Waals surface area contributed by atoms with Gasteiger partial charge in [-0.1, -0.05) is 0 Å². The Bertz CT molecular complexity index is 360.